The summed E-state index contributed by atoms with van der Waals surface area (Å²) in [6.07, 6.45) is 2.41. The van der Waals surface area contributed by atoms with Gasteiger partial charge in [-0.05, 0) is 12.0 Å². The van der Waals surface area contributed by atoms with E-state index in [9.17, 15) is 13.2 Å². The second kappa shape index (κ2) is 5.32. The van der Waals surface area contributed by atoms with Gasteiger partial charge in [0, 0.05) is 12.4 Å². The fourth-order valence-corrected chi connectivity index (χ4v) is 2.62. The highest BCUT2D eigenvalue weighted by Gasteiger charge is 2.28. The zero-order valence-corrected chi connectivity index (χ0v) is 10.8. The Kier molecular flexibility index (Phi) is 4.25. The highest BCUT2D eigenvalue weighted by atomic mass is 32.2. The number of aliphatic carboxylic acids is 1. The average Bonchev–Trinajstić information content (AvgIpc) is 2.25. The quantitative estimate of drug-likeness (QED) is 0.696. The van der Waals surface area contributed by atoms with Crippen LogP contribution >= 0.6 is 0 Å². The first-order valence-corrected chi connectivity index (χ1v) is 6.68. The monoisotopic (exact) mass is 273 g/mol. The van der Waals surface area contributed by atoms with Crippen molar-refractivity contribution in [2.75, 3.05) is 5.73 Å². The molecule has 0 aliphatic carbocycles. The molecule has 4 N–H and O–H groups in total. The molecule has 1 aromatic heterocycles. The van der Waals surface area contributed by atoms with Crippen LogP contribution in [0.15, 0.2) is 23.4 Å². The number of nitrogens with two attached hydrogens (primary N) is 1. The molecule has 0 radical (unpaired) electrons. The summed E-state index contributed by atoms with van der Waals surface area (Å²) in [6, 6.07) is 0.0191. The van der Waals surface area contributed by atoms with E-state index in [4.69, 9.17) is 10.8 Å². The number of rotatable bonds is 5. The SMILES string of the molecule is CC(C)C(NS(=O)(=O)c1cncc(N)c1)C(=O)O. The lowest BCUT2D eigenvalue weighted by Crippen LogP contribution is -2.44. The molecule has 0 aromatic carbocycles. The summed E-state index contributed by atoms with van der Waals surface area (Å²) in [4.78, 5) is 14.4. The molecule has 8 heteroatoms. The number of pyridine rings is 1. The Morgan fingerprint density at radius 1 is 1.44 bits per heavy atom. The van der Waals surface area contributed by atoms with E-state index in [1.165, 1.54) is 12.3 Å². The van der Waals surface area contributed by atoms with Crippen LogP contribution < -0.4 is 10.5 Å². The average molecular weight is 273 g/mol. The zero-order valence-electron chi connectivity index (χ0n) is 9.99. The normalized spacial score (nSPS) is 13.5. The van der Waals surface area contributed by atoms with Gasteiger partial charge in [0.1, 0.15) is 10.9 Å². The number of nitrogens with zero attached hydrogens (tertiary/aromatic N) is 1. The van der Waals surface area contributed by atoms with Crippen molar-refractivity contribution in [1.82, 2.24) is 9.71 Å². The summed E-state index contributed by atoms with van der Waals surface area (Å²) in [5, 5.41) is 8.94. The number of hydrogen-bond donors (Lipinski definition) is 3. The van der Waals surface area contributed by atoms with Crippen molar-refractivity contribution in [1.29, 1.82) is 0 Å². The second-order valence-electron chi connectivity index (χ2n) is 4.14. The van der Waals surface area contributed by atoms with Gasteiger partial charge in [-0.3, -0.25) is 9.78 Å². The third kappa shape index (κ3) is 3.41. The molecular formula is C10H15N3O4S. The summed E-state index contributed by atoms with van der Waals surface area (Å²) >= 11 is 0. The number of aromatic nitrogens is 1. The van der Waals surface area contributed by atoms with Crippen LogP contribution in [0.25, 0.3) is 0 Å². The summed E-state index contributed by atoms with van der Waals surface area (Å²) in [7, 11) is -3.95. The van der Waals surface area contributed by atoms with E-state index < -0.39 is 22.0 Å². The molecule has 7 nitrogen and oxygen atoms in total. The van der Waals surface area contributed by atoms with Gasteiger partial charge in [0.15, 0.2) is 0 Å². The van der Waals surface area contributed by atoms with Crippen molar-refractivity contribution in [3.05, 3.63) is 18.5 Å². The Morgan fingerprint density at radius 2 is 2.06 bits per heavy atom. The van der Waals surface area contributed by atoms with Gasteiger partial charge in [0.05, 0.1) is 5.69 Å². The van der Waals surface area contributed by atoms with E-state index in [0.717, 1.165) is 6.20 Å². The van der Waals surface area contributed by atoms with Crippen molar-refractivity contribution in [3.63, 3.8) is 0 Å². The highest BCUT2D eigenvalue weighted by Crippen LogP contribution is 2.13. The van der Waals surface area contributed by atoms with E-state index in [0.29, 0.717) is 0 Å². The molecule has 0 amide bonds. The second-order valence-corrected chi connectivity index (χ2v) is 5.85. The molecule has 0 aliphatic heterocycles. The van der Waals surface area contributed by atoms with Gasteiger partial charge in [-0.25, -0.2) is 8.42 Å². The predicted molar refractivity (Wildman–Crippen MR) is 65.2 cm³/mol. The molecule has 1 atom stereocenters. The summed E-state index contributed by atoms with van der Waals surface area (Å²) in [5.74, 6) is -1.61. The molecule has 1 unspecified atom stereocenters. The maximum absolute atomic E-state index is 11.9. The van der Waals surface area contributed by atoms with Gasteiger partial charge in [-0.1, -0.05) is 13.8 Å². The van der Waals surface area contributed by atoms with Gasteiger partial charge in [-0.2, -0.15) is 4.72 Å². The van der Waals surface area contributed by atoms with E-state index in [2.05, 4.69) is 9.71 Å². The maximum Gasteiger partial charge on any atom is 0.322 e. The minimum atomic E-state index is -3.95. The molecular weight excluding hydrogens is 258 g/mol. The fourth-order valence-electron chi connectivity index (χ4n) is 1.29. The minimum Gasteiger partial charge on any atom is -0.480 e. The van der Waals surface area contributed by atoms with Crippen LogP contribution in [0.5, 0.6) is 0 Å². The molecule has 0 fully saturated rings. The third-order valence-electron chi connectivity index (χ3n) is 2.26. The summed E-state index contributed by atoms with van der Waals surface area (Å²) < 4.78 is 26.0. The topological polar surface area (TPSA) is 122 Å². The number of carboxylic acids is 1. The third-order valence-corrected chi connectivity index (χ3v) is 3.67. The van der Waals surface area contributed by atoms with Gasteiger partial charge in [0.2, 0.25) is 10.0 Å². The van der Waals surface area contributed by atoms with Crippen LogP contribution in [0.3, 0.4) is 0 Å². The number of anilines is 1. The number of nitrogen functional groups attached to an aromatic ring is 1. The molecule has 0 saturated carbocycles. The number of sulfonamides is 1. The minimum absolute atomic E-state index is 0.158. The highest BCUT2D eigenvalue weighted by molar-refractivity contribution is 7.89. The Morgan fingerprint density at radius 3 is 2.50 bits per heavy atom. The van der Waals surface area contributed by atoms with E-state index in [-0.39, 0.29) is 16.5 Å². The molecule has 100 valence electrons. The van der Waals surface area contributed by atoms with Gasteiger partial charge in [0.25, 0.3) is 0 Å². The van der Waals surface area contributed by atoms with Crippen molar-refractivity contribution in [3.8, 4) is 0 Å². The van der Waals surface area contributed by atoms with Crippen LogP contribution in [0, 0.1) is 5.92 Å². The van der Waals surface area contributed by atoms with Crippen molar-refractivity contribution in [2.45, 2.75) is 24.8 Å². The van der Waals surface area contributed by atoms with Crippen molar-refractivity contribution in [2.24, 2.45) is 5.92 Å². The molecule has 0 aliphatic rings. The van der Waals surface area contributed by atoms with Crippen LogP contribution in [0.4, 0.5) is 5.69 Å². The first kappa shape index (κ1) is 14.4. The number of carboxylic acid groups (broad SMARTS) is 1. The standard InChI is InChI=1S/C10H15N3O4S/c1-6(2)9(10(14)15)13-18(16,17)8-3-7(11)4-12-5-8/h3-6,9,13H,11H2,1-2H3,(H,14,15). The zero-order chi connectivity index (χ0) is 13.9. The van der Waals surface area contributed by atoms with Crippen LogP contribution in [0.2, 0.25) is 0 Å². The summed E-state index contributed by atoms with van der Waals surface area (Å²) in [5.41, 5.74) is 5.62. The lowest BCUT2D eigenvalue weighted by Gasteiger charge is -2.17. The molecule has 0 saturated heterocycles. The van der Waals surface area contributed by atoms with Crippen molar-refractivity contribution < 1.29 is 18.3 Å². The Bertz CT molecular complexity index is 542. The van der Waals surface area contributed by atoms with Gasteiger partial charge >= 0.3 is 5.97 Å². The first-order valence-electron chi connectivity index (χ1n) is 5.19. The fraction of sp³-hybridized carbons (Fsp3) is 0.400. The lowest BCUT2D eigenvalue weighted by molar-refractivity contribution is -0.140. The molecule has 1 aromatic rings. The molecule has 0 bridgehead atoms. The Hall–Kier alpha value is -1.67. The predicted octanol–water partition coefficient (Wildman–Crippen LogP) is 0.0513. The lowest BCUT2D eigenvalue weighted by atomic mass is 10.1. The van der Waals surface area contributed by atoms with E-state index in [1.54, 1.807) is 13.8 Å². The number of nitrogens with one attached hydrogen (secondary N) is 1. The van der Waals surface area contributed by atoms with Gasteiger partial charge in [-0.15, -0.1) is 0 Å². The van der Waals surface area contributed by atoms with Crippen LogP contribution in [-0.4, -0.2) is 30.5 Å². The Labute approximate surface area is 105 Å². The molecule has 1 rings (SSSR count). The molecule has 0 spiro atoms. The number of hydrogen-bond acceptors (Lipinski definition) is 5. The van der Waals surface area contributed by atoms with E-state index in [1.807, 2.05) is 0 Å². The van der Waals surface area contributed by atoms with E-state index >= 15 is 0 Å². The van der Waals surface area contributed by atoms with Gasteiger partial charge < -0.3 is 10.8 Å². The van der Waals surface area contributed by atoms with Crippen molar-refractivity contribution >= 4 is 21.7 Å². The number of carbonyl (C=O) groups is 1. The molecule has 1 heterocycles. The largest absolute Gasteiger partial charge is 0.480 e. The Balaban J connectivity index is 3.05. The smallest absolute Gasteiger partial charge is 0.322 e. The van der Waals surface area contributed by atoms with Crippen LogP contribution in [0.1, 0.15) is 13.8 Å². The first-order chi connectivity index (χ1) is 8.24. The van der Waals surface area contributed by atoms with Crippen LogP contribution in [-0.2, 0) is 14.8 Å². The molecule has 18 heavy (non-hydrogen) atoms. The maximum atomic E-state index is 11.9. The summed E-state index contributed by atoms with van der Waals surface area (Å²) in [6.45, 7) is 3.22.